The predicted octanol–water partition coefficient (Wildman–Crippen LogP) is 2.53. The Morgan fingerprint density at radius 1 is 1.33 bits per heavy atom. The van der Waals surface area contributed by atoms with Gasteiger partial charge in [0, 0.05) is 35.9 Å². The molecule has 3 aliphatic carbocycles. The standard InChI is InChI=1S/C22H28N2O3/c1-12(13-2-3-13)24-9-8-22-11-15(25)5-7-17(22)18(24)10-14-4-6-16(21(23)27)20(26)19(14)22/h4,6,12-13,17-18,26H,2-3,5,7-11H2,1H3,(H2,23,27)/t12-,17?,18+,22-/m0/s1. The van der Waals surface area contributed by atoms with Crippen LogP contribution >= 0.6 is 0 Å². The fraction of sp³-hybridized carbons (Fsp3) is 0.636. The van der Waals surface area contributed by atoms with E-state index in [0.717, 1.165) is 42.9 Å². The summed E-state index contributed by atoms with van der Waals surface area (Å²) in [6, 6.07) is 4.63. The Labute approximate surface area is 159 Å². The third kappa shape index (κ3) is 2.40. The number of fused-ring (bicyclic) bond motifs is 1. The van der Waals surface area contributed by atoms with Gasteiger partial charge in [0.1, 0.15) is 11.5 Å². The van der Waals surface area contributed by atoms with E-state index in [0.29, 0.717) is 30.8 Å². The van der Waals surface area contributed by atoms with Gasteiger partial charge in [-0.2, -0.15) is 0 Å². The molecule has 4 atom stereocenters. The van der Waals surface area contributed by atoms with Crippen molar-refractivity contribution >= 4 is 11.7 Å². The third-order valence-corrected chi connectivity index (χ3v) is 7.95. The van der Waals surface area contributed by atoms with Gasteiger partial charge in [-0.15, -0.1) is 0 Å². The molecule has 1 aliphatic heterocycles. The first-order valence-electron chi connectivity index (χ1n) is 10.3. The third-order valence-electron chi connectivity index (χ3n) is 7.95. The molecule has 1 amide bonds. The van der Waals surface area contributed by atoms with Crippen LogP contribution in [0.1, 0.15) is 66.9 Å². The molecule has 0 aromatic heterocycles. The maximum Gasteiger partial charge on any atom is 0.252 e. The minimum atomic E-state index is -0.604. The molecule has 27 heavy (non-hydrogen) atoms. The van der Waals surface area contributed by atoms with Gasteiger partial charge < -0.3 is 10.8 Å². The molecule has 1 aromatic rings. The molecule has 3 fully saturated rings. The quantitative estimate of drug-likeness (QED) is 0.859. The molecule has 2 bridgehead atoms. The summed E-state index contributed by atoms with van der Waals surface area (Å²) in [5.41, 5.74) is 7.31. The van der Waals surface area contributed by atoms with Gasteiger partial charge in [0.25, 0.3) is 5.91 Å². The number of phenols is 1. The lowest BCUT2D eigenvalue weighted by Gasteiger charge is -2.60. The molecular weight excluding hydrogens is 340 g/mol. The van der Waals surface area contributed by atoms with E-state index < -0.39 is 5.91 Å². The highest BCUT2D eigenvalue weighted by molar-refractivity contribution is 5.96. The molecule has 5 nitrogen and oxygen atoms in total. The predicted molar refractivity (Wildman–Crippen MR) is 102 cm³/mol. The number of benzene rings is 1. The van der Waals surface area contributed by atoms with Crippen LogP contribution in [-0.2, 0) is 16.6 Å². The van der Waals surface area contributed by atoms with Crippen molar-refractivity contribution in [1.29, 1.82) is 0 Å². The van der Waals surface area contributed by atoms with E-state index in [-0.39, 0.29) is 22.5 Å². The van der Waals surface area contributed by atoms with Crippen molar-refractivity contribution in [2.75, 3.05) is 6.54 Å². The summed E-state index contributed by atoms with van der Waals surface area (Å²) in [6.07, 6.45) is 6.44. The number of hydrogen-bond acceptors (Lipinski definition) is 4. The van der Waals surface area contributed by atoms with Crippen molar-refractivity contribution < 1.29 is 14.7 Å². The fourth-order valence-electron chi connectivity index (χ4n) is 6.52. The number of carbonyl (C=O) groups is 2. The van der Waals surface area contributed by atoms with Crippen LogP contribution in [0.2, 0.25) is 0 Å². The van der Waals surface area contributed by atoms with E-state index in [9.17, 15) is 14.7 Å². The smallest absolute Gasteiger partial charge is 0.252 e. The number of carbonyl (C=O) groups excluding carboxylic acids is 2. The van der Waals surface area contributed by atoms with Crippen molar-refractivity contribution in [3.63, 3.8) is 0 Å². The van der Waals surface area contributed by atoms with Crippen LogP contribution in [0.15, 0.2) is 12.1 Å². The SMILES string of the molecule is C[C@@H](C1CC1)N1CC[C@]23CC(=O)CCC2[C@H]1Cc1ccc(C(N)=O)c(O)c13. The number of rotatable bonds is 3. The van der Waals surface area contributed by atoms with E-state index >= 15 is 0 Å². The molecule has 5 rings (SSSR count). The van der Waals surface area contributed by atoms with Gasteiger partial charge >= 0.3 is 0 Å². The zero-order chi connectivity index (χ0) is 18.9. The molecule has 3 N–H and O–H groups in total. The normalized spacial score (nSPS) is 33.9. The lowest BCUT2D eigenvalue weighted by atomic mass is 9.51. The number of amides is 1. The lowest BCUT2D eigenvalue weighted by molar-refractivity contribution is -0.128. The average Bonchev–Trinajstić information content (AvgIpc) is 3.45. The largest absolute Gasteiger partial charge is 0.507 e. The van der Waals surface area contributed by atoms with Crippen molar-refractivity contribution in [2.45, 2.75) is 69.4 Å². The fourth-order valence-corrected chi connectivity index (χ4v) is 6.52. The Hall–Kier alpha value is -1.88. The number of primary amides is 1. The van der Waals surface area contributed by atoms with Crippen molar-refractivity contribution in [1.82, 2.24) is 4.90 Å². The molecular formula is C22H28N2O3. The number of nitrogens with two attached hydrogens (primary N) is 1. The highest BCUT2D eigenvalue weighted by Gasteiger charge is 2.58. The van der Waals surface area contributed by atoms with Crippen LogP contribution in [0.3, 0.4) is 0 Å². The number of nitrogens with zero attached hydrogens (tertiary/aromatic N) is 1. The number of hydrogen-bond donors (Lipinski definition) is 2. The molecule has 0 spiro atoms. The molecule has 1 saturated heterocycles. The van der Waals surface area contributed by atoms with E-state index in [2.05, 4.69) is 11.8 Å². The Bertz CT molecular complexity index is 831. The molecule has 2 saturated carbocycles. The molecule has 1 heterocycles. The van der Waals surface area contributed by atoms with E-state index in [4.69, 9.17) is 5.73 Å². The first-order chi connectivity index (χ1) is 12.9. The summed E-state index contributed by atoms with van der Waals surface area (Å²) in [5.74, 6) is 0.890. The first-order valence-corrected chi connectivity index (χ1v) is 10.3. The van der Waals surface area contributed by atoms with Gasteiger partial charge in [0.2, 0.25) is 0 Å². The van der Waals surface area contributed by atoms with Crippen LogP contribution in [0.5, 0.6) is 5.75 Å². The minimum Gasteiger partial charge on any atom is -0.507 e. The topological polar surface area (TPSA) is 83.6 Å². The minimum absolute atomic E-state index is 0.0295. The monoisotopic (exact) mass is 368 g/mol. The van der Waals surface area contributed by atoms with Gasteiger partial charge in [0.15, 0.2) is 0 Å². The Kier molecular flexibility index (Phi) is 3.71. The van der Waals surface area contributed by atoms with Gasteiger partial charge in [-0.05, 0) is 69.0 Å². The highest BCUT2D eigenvalue weighted by atomic mass is 16.3. The highest BCUT2D eigenvalue weighted by Crippen LogP contribution is 2.58. The van der Waals surface area contributed by atoms with Crippen LogP contribution < -0.4 is 5.73 Å². The molecule has 5 heteroatoms. The second-order valence-corrected chi connectivity index (χ2v) is 9.21. The zero-order valence-corrected chi connectivity index (χ0v) is 15.9. The van der Waals surface area contributed by atoms with E-state index in [1.807, 2.05) is 6.07 Å². The van der Waals surface area contributed by atoms with Crippen LogP contribution in [0.4, 0.5) is 0 Å². The second-order valence-electron chi connectivity index (χ2n) is 9.21. The second kappa shape index (κ2) is 5.81. The molecule has 1 aromatic carbocycles. The van der Waals surface area contributed by atoms with Crippen LogP contribution in [0.25, 0.3) is 0 Å². The Morgan fingerprint density at radius 3 is 2.81 bits per heavy atom. The summed E-state index contributed by atoms with van der Waals surface area (Å²) in [5, 5.41) is 11.0. The number of Topliss-reactive ketones (excluding diaryl/α,β-unsaturated/α-hetero) is 1. The average molecular weight is 368 g/mol. The summed E-state index contributed by atoms with van der Waals surface area (Å²) < 4.78 is 0. The lowest BCUT2D eigenvalue weighted by Crippen LogP contribution is -2.63. The van der Waals surface area contributed by atoms with Gasteiger partial charge in [0.05, 0.1) is 5.56 Å². The summed E-state index contributed by atoms with van der Waals surface area (Å²) in [7, 11) is 0. The van der Waals surface area contributed by atoms with Crippen molar-refractivity contribution in [3.05, 3.63) is 28.8 Å². The van der Waals surface area contributed by atoms with Gasteiger partial charge in [-0.25, -0.2) is 0 Å². The van der Waals surface area contributed by atoms with Crippen LogP contribution in [-0.4, -0.2) is 40.3 Å². The summed E-state index contributed by atoms with van der Waals surface area (Å²) >= 11 is 0. The maximum atomic E-state index is 12.5. The van der Waals surface area contributed by atoms with E-state index in [1.54, 1.807) is 6.07 Å². The van der Waals surface area contributed by atoms with Crippen molar-refractivity contribution in [2.24, 2.45) is 17.6 Å². The summed E-state index contributed by atoms with van der Waals surface area (Å²) in [6.45, 7) is 3.33. The molecule has 0 radical (unpaired) electrons. The first kappa shape index (κ1) is 17.2. The number of ketones is 1. The number of likely N-dealkylation sites (tertiary alicyclic amines) is 1. The number of aromatic hydroxyl groups is 1. The Balaban J connectivity index is 1.65. The van der Waals surface area contributed by atoms with Gasteiger partial charge in [-0.3, -0.25) is 14.5 Å². The zero-order valence-electron chi connectivity index (χ0n) is 15.9. The molecule has 144 valence electrons. The van der Waals surface area contributed by atoms with Gasteiger partial charge in [-0.1, -0.05) is 6.07 Å². The Morgan fingerprint density at radius 2 is 2.11 bits per heavy atom. The molecule has 1 unspecified atom stereocenters. The van der Waals surface area contributed by atoms with Crippen LogP contribution in [0, 0.1) is 11.8 Å². The summed E-state index contributed by atoms with van der Waals surface area (Å²) in [4.78, 5) is 27.0. The number of piperidine rings is 1. The molecule has 4 aliphatic rings. The maximum absolute atomic E-state index is 12.5. The van der Waals surface area contributed by atoms with E-state index in [1.165, 1.54) is 12.8 Å². The van der Waals surface area contributed by atoms with Crippen molar-refractivity contribution in [3.8, 4) is 5.75 Å².